The molecular weight excluding hydrogens is 339 g/mol. The highest BCUT2D eigenvalue weighted by molar-refractivity contribution is 5.81. The Kier molecular flexibility index (Phi) is 4.90. The van der Waals surface area contributed by atoms with Gasteiger partial charge in [0, 0.05) is 23.0 Å². The van der Waals surface area contributed by atoms with Crippen molar-refractivity contribution in [1.29, 1.82) is 0 Å². The van der Waals surface area contributed by atoms with E-state index in [1.54, 1.807) is 16.7 Å². The standard InChI is InChI=1S/C23H27FN2O/c1-3-18-14-20-22(26(18)19-10-5-4-6-11-19)13-16(2)25(23(20)27)15-17-9-7-8-12-21(17)24/h7-9,12-14,19H,3-6,10-11,15H2,1-2H3. The summed E-state index contributed by atoms with van der Waals surface area (Å²) < 4.78 is 18.2. The third kappa shape index (κ3) is 3.22. The van der Waals surface area contributed by atoms with Gasteiger partial charge in [0.05, 0.1) is 17.4 Å². The van der Waals surface area contributed by atoms with Gasteiger partial charge in [-0.25, -0.2) is 4.39 Å². The van der Waals surface area contributed by atoms with Crippen LogP contribution in [0.5, 0.6) is 0 Å². The fourth-order valence-corrected chi connectivity index (χ4v) is 4.53. The molecule has 3 nitrogen and oxygen atoms in total. The summed E-state index contributed by atoms with van der Waals surface area (Å²) in [4.78, 5) is 13.3. The number of rotatable bonds is 4. The Morgan fingerprint density at radius 1 is 1.11 bits per heavy atom. The molecule has 142 valence electrons. The summed E-state index contributed by atoms with van der Waals surface area (Å²) in [6, 6.07) is 11.3. The van der Waals surface area contributed by atoms with Crippen molar-refractivity contribution in [3.63, 3.8) is 0 Å². The summed E-state index contributed by atoms with van der Waals surface area (Å²) >= 11 is 0. The van der Waals surface area contributed by atoms with Crippen molar-refractivity contribution in [3.8, 4) is 0 Å². The predicted molar refractivity (Wildman–Crippen MR) is 108 cm³/mol. The van der Waals surface area contributed by atoms with E-state index in [1.807, 2.05) is 13.0 Å². The van der Waals surface area contributed by atoms with Gasteiger partial charge < -0.3 is 9.13 Å². The summed E-state index contributed by atoms with van der Waals surface area (Å²) in [5, 5.41) is 0.763. The average molecular weight is 366 g/mol. The third-order valence-corrected chi connectivity index (χ3v) is 5.99. The summed E-state index contributed by atoms with van der Waals surface area (Å²) in [6.45, 7) is 4.37. The molecule has 2 aromatic heterocycles. The molecule has 0 bridgehead atoms. The summed E-state index contributed by atoms with van der Waals surface area (Å²) in [5.74, 6) is -0.266. The molecule has 0 saturated heterocycles. The minimum absolute atomic E-state index is 0.0162. The molecule has 1 aliphatic rings. The highest BCUT2D eigenvalue weighted by Gasteiger charge is 2.22. The van der Waals surface area contributed by atoms with Crippen LogP contribution in [0, 0.1) is 12.7 Å². The molecule has 27 heavy (non-hydrogen) atoms. The Hall–Kier alpha value is -2.36. The van der Waals surface area contributed by atoms with Gasteiger partial charge in [0.15, 0.2) is 0 Å². The van der Waals surface area contributed by atoms with Gasteiger partial charge >= 0.3 is 0 Å². The van der Waals surface area contributed by atoms with E-state index >= 15 is 0 Å². The second kappa shape index (κ2) is 7.34. The van der Waals surface area contributed by atoms with Crippen LogP contribution in [0.1, 0.15) is 62.0 Å². The highest BCUT2D eigenvalue weighted by atomic mass is 19.1. The van der Waals surface area contributed by atoms with E-state index in [2.05, 4.69) is 23.6 Å². The molecule has 0 amide bonds. The molecule has 1 aliphatic carbocycles. The van der Waals surface area contributed by atoms with Gasteiger partial charge in [-0.2, -0.15) is 0 Å². The number of nitrogens with zero attached hydrogens (tertiary/aromatic N) is 2. The van der Waals surface area contributed by atoms with Gasteiger partial charge in [-0.3, -0.25) is 4.79 Å². The lowest BCUT2D eigenvalue weighted by Gasteiger charge is -2.26. The molecule has 1 fully saturated rings. The lowest BCUT2D eigenvalue weighted by atomic mass is 9.95. The van der Waals surface area contributed by atoms with Crippen molar-refractivity contribution in [2.75, 3.05) is 0 Å². The maximum Gasteiger partial charge on any atom is 0.260 e. The number of pyridine rings is 1. The number of fused-ring (bicyclic) bond motifs is 1. The smallest absolute Gasteiger partial charge is 0.260 e. The van der Waals surface area contributed by atoms with Crippen molar-refractivity contribution >= 4 is 10.9 Å². The fraction of sp³-hybridized carbons (Fsp3) is 0.435. The van der Waals surface area contributed by atoms with E-state index in [0.717, 1.165) is 23.0 Å². The molecule has 1 saturated carbocycles. The lowest BCUT2D eigenvalue weighted by Crippen LogP contribution is -2.24. The third-order valence-electron chi connectivity index (χ3n) is 5.99. The Balaban J connectivity index is 1.85. The SMILES string of the molecule is CCc1cc2c(=O)n(Cc3ccccc3F)c(C)cc2n1C1CCCCC1. The number of benzene rings is 1. The lowest BCUT2D eigenvalue weighted by molar-refractivity contribution is 0.355. The molecular formula is C23H27FN2O. The van der Waals surface area contributed by atoms with Crippen LogP contribution in [-0.2, 0) is 13.0 Å². The average Bonchev–Trinajstić information content (AvgIpc) is 3.05. The summed E-state index contributed by atoms with van der Waals surface area (Å²) in [5.41, 5.74) is 3.69. The van der Waals surface area contributed by atoms with E-state index in [0.29, 0.717) is 11.6 Å². The first-order valence-electron chi connectivity index (χ1n) is 10.1. The summed E-state index contributed by atoms with van der Waals surface area (Å²) in [7, 11) is 0. The molecule has 4 heteroatoms. The van der Waals surface area contributed by atoms with Crippen LogP contribution in [0.3, 0.4) is 0 Å². The second-order valence-corrected chi connectivity index (χ2v) is 7.72. The van der Waals surface area contributed by atoms with Crippen LogP contribution in [0.25, 0.3) is 10.9 Å². The van der Waals surface area contributed by atoms with Gasteiger partial charge in [-0.15, -0.1) is 0 Å². The van der Waals surface area contributed by atoms with E-state index < -0.39 is 0 Å². The van der Waals surface area contributed by atoms with Crippen LogP contribution in [-0.4, -0.2) is 9.13 Å². The molecule has 0 N–H and O–H groups in total. The van der Waals surface area contributed by atoms with Crippen LogP contribution in [0.2, 0.25) is 0 Å². The van der Waals surface area contributed by atoms with Crippen molar-refractivity contribution in [2.45, 2.75) is 65.0 Å². The zero-order valence-corrected chi connectivity index (χ0v) is 16.2. The zero-order chi connectivity index (χ0) is 19.0. The molecule has 1 aromatic carbocycles. The first-order valence-corrected chi connectivity index (χ1v) is 10.1. The largest absolute Gasteiger partial charge is 0.341 e. The molecule has 2 heterocycles. The Labute approximate surface area is 159 Å². The molecule has 0 unspecified atom stereocenters. The second-order valence-electron chi connectivity index (χ2n) is 7.72. The van der Waals surface area contributed by atoms with Crippen molar-refractivity contribution < 1.29 is 4.39 Å². The Morgan fingerprint density at radius 2 is 1.85 bits per heavy atom. The number of aryl methyl sites for hydroxylation is 2. The highest BCUT2D eigenvalue weighted by Crippen LogP contribution is 2.33. The number of aromatic nitrogens is 2. The van der Waals surface area contributed by atoms with Crippen molar-refractivity contribution in [3.05, 3.63) is 69.5 Å². The predicted octanol–water partition coefficient (Wildman–Crippen LogP) is 5.37. The van der Waals surface area contributed by atoms with Gasteiger partial charge in [0.1, 0.15) is 5.82 Å². The van der Waals surface area contributed by atoms with Crippen LogP contribution in [0.15, 0.2) is 41.2 Å². The number of hydrogen-bond donors (Lipinski definition) is 0. The maximum atomic E-state index is 14.1. The first kappa shape index (κ1) is 18.0. The van der Waals surface area contributed by atoms with Gasteiger partial charge in [0.2, 0.25) is 0 Å². The van der Waals surface area contributed by atoms with Gasteiger partial charge in [-0.1, -0.05) is 44.4 Å². The van der Waals surface area contributed by atoms with Crippen LogP contribution in [0.4, 0.5) is 4.39 Å². The monoisotopic (exact) mass is 366 g/mol. The molecule has 0 spiro atoms. The fourth-order valence-electron chi connectivity index (χ4n) is 4.53. The number of halogens is 1. The van der Waals surface area contributed by atoms with E-state index in [4.69, 9.17) is 0 Å². The van der Waals surface area contributed by atoms with E-state index in [1.165, 1.54) is 43.9 Å². The molecule has 0 aliphatic heterocycles. The van der Waals surface area contributed by atoms with Crippen LogP contribution >= 0.6 is 0 Å². The minimum atomic E-state index is -0.266. The van der Waals surface area contributed by atoms with Crippen LogP contribution < -0.4 is 5.56 Å². The zero-order valence-electron chi connectivity index (χ0n) is 16.2. The van der Waals surface area contributed by atoms with Gasteiger partial charge in [0.25, 0.3) is 5.56 Å². The summed E-state index contributed by atoms with van der Waals surface area (Å²) in [6.07, 6.45) is 7.12. The van der Waals surface area contributed by atoms with E-state index in [9.17, 15) is 9.18 Å². The van der Waals surface area contributed by atoms with Gasteiger partial charge in [-0.05, 0) is 44.4 Å². The molecule has 0 radical (unpaired) electrons. The maximum absolute atomic E-state index is 14.1. The molecule has 3 aromatic rings. The first-order chi connectivity index (χ1) is 13.1. The minimum Gasteiger partial charge on any atom is -0.341 e. The molecule has 4 rings (SSSR count). The van der Waals surface area contributed by atoms with E-state index in [-0.39, 0.29) is 17.9 Å². The Bertz CT molecular complexity index is 1020. The van der Waals surface area contributed by atoms with Crippen molar-refractivity contribution in [2.24, 2.45) is 0 Å². The van der Waals surface area contributed by atoms with Crippen molar-refractivity contribution in [1.82, 2.24) is 9.13 Å². The topological polar surface area (TPSA) is 26.9 Å². The quantitative estimate of drug-likeness (QED) is 0.610. The Morgan fingerprint density at radius 3 is 2.56 bits per heavy atom. The molecule has 0 atom stereocenters. The number of hydrogen-bond acceptors (Lipinski definition) is 1. The normalized spacial score (nSPS) is 15.5.